The molecule has 0 unspecified atom stereocenters. The number of hydrogen-bond acceptors (Lipinski definition) is 5. The van der Waals surface area contributed by atoms with Gasteiger partial charge in [0.15, 0.2) is 5.78 Å². The van der Waals surface area contributed by atoms with Crippen molar-refractivity contribution in [2.24, 2.45) is 5.10 Å². The number of rotatable bonds is 4. The Kier molecular flexibility index (Phi) is 4.44. The van der Waals surface area contributed by atoms with Gasteiger partial charge in [0.2, 0.25) is 5.13 Å². The summed E-state index contributed by atoms with van der Waals surface area (Å²) in [5.41, 5.74) is 4.54. The Balaban J connectivity index is 2.09. The van der Waals surface area contributed by atoms with E-state index < -0.39 is 0 Å². The van der Waals surface area contributed by atoms with Crippen LogP contribution < -0.4 is 5.43 Å². The van der Waals surface area contributed by atoms with Crippen molar-refractivity contribution in [1.82, 2.24) is 4.98 Å². The molecule has 2 aromatic rings. The van der Waals surface area contributed by atoms with Gasteiger partial charge in [-0.15, -0.1) is 0 Å². The zero-order chi connectivity index (χ0) is 13.8. The van der Waals surface area contributed by atoms with E-state index >= 15 is 0 Å². The quantitative estimate of drug-likeness (QED) is 0.523. The third kappa shape index (κ3) is 3.48. The smallest absolute Gasteiger partial charge is 0.204 e. The summed E-state index contributed by atoms with van der Waals surface area (Å²) in [6.45, 7) is 3.35. The van der Waals surface area contributed by atoms with E-state index in [2.05, 4.69) is 31.4 Å². The van der Waals surface area contributed by atoms with Crippen LogP contribution in [0.25, 0.3) is 0 Å². The Bertz CT molecular complexity index is 637. The fourth-order valence-corrected chi connectivity index (χ4v) is 2.71. The van der Waals surface area contributed by atoms with Gasteiger partial charge in [-0.3, -0.25) is 10.2 Å². The maximum atomic E-state index is 11.3. The summed E-state index contributed by atoms with van der Waals surface area (Å²) in [5, 5.41) is 4.73. The molecule has 0 aliphatic rings. The molecule has 1 heterocycles. The number of benzene rings is 1. The van der Waals surface area contributed by atoms with Crippen LogP contribution in [0.5, 0.6) is 0 Å². The number of hydrogen-bond donors (Lipinski definition) is 1. The van der Waals surface area contributed by atoms with Crippen LogP contribution in [0.3, 0.4) is 0 Å². The van der Waals surface area contributed by atoms with Crippen molar-refractivity contribution in [3.05, 3.63) is 44.9 Å². The van der Waals surface area contributed by atoms with E-state index in [0.717, 1.165) is 15.7 Å². The molecule has 0 fully saturated rings. The van der Waals surface area contributed by atoms with Crippen LogP contribution in [0.2, 0.25) is 0 Å². The van der Waals surface area contributed by atoms with Gasteiger partial charge in [-0.05, 0) is 13.0 Å². The first-order valence-corrected chi connectivity index (χ1v) is 7.21. The number of halogens is 1. The highest BCUT2D eigenvalue weighted by Crippen LogP contribution is 2.22. The largest absolute Gasteiger partial charge is 0.294 e. The predicted octanol–water partition coefficient (Wildman–Crippen LogP) is 3.86. The first-order valence-electron chi connectivity index (χ1n) is 5.60. The highest BCUT2D eigenvalue weighted by atomic mass is 79.9. The second-order valence-electron chi connectivity index (χ2n) is 3.88. The van der Waals surface area contributed by atoms with Crippen molar-refractivity contribution in [3.8, 4) is 0 Å². The standard InChI is InChI=1S/C13H12BrN3OS/c1-8-12(9(2)18)19-13(16-8)17-15-7-10-5-3-4-6-11(10)14/h3-7H,1-2H3,(H,16,17)/b15-7-. The van der Waals surface area contributed by atoms with E-state index in [-0.39, 0.29) is 5.78 Å². The van der Waals surface area contributed by atoms with E-state index in [4.69, 9.17) is 0 Å². The number of carbonyl (C=O) groups is 1. The molecule has 0 radical (unpaired) electrons. The summed E-state index contributed by atoms with van der Waals surface area (Å²) in [6.07, 6.45) is 1.70. The lowest BCUT2D eigenvalue weighted by molar-refractivity contribution is 0.102. The van der Waals surface area contributed by atoms with E-state index in [1.54, 1.807) is 6.21 Å². The van der Waals surface area contributed by atoms with Crippen LogP contribution >= 0.6 is 27.3 Å². The Hall–Kier alpha value is -1.53. The minimum absolute atomic E-state index is 0.0258. The minimum Gasteiger partial charge on any atom is -0.294 e. The molecular weight excluding hydrogens is 326 g/mol. The highest BCUT2D eigenvalue weighted by molar-refractivity contribution is 9.10. The van der Waals surface area contributed by atoms with Gasteiger partial charge in [0.25, 0.3) is 0 Å². The van der Waals surface area contributed by atoms with Crippen molar-refractivity contribution < 1.29 is 4.79 Å². The summed E-state index contributed by atoms with van der Waals surface area (Å²) in [5.74, 6) is 0.0258. The van der Waals surface area contributed by atoms with Crippen LogP contribution in [0.1, 0.15) is 27.9 Å². The molecule has 0 spiro atoms. The summed E-state index contributed by atoms with van der Waals surface area (Å²) < 4.78 is 0.972. The van der Waals surface area contributed by atoms with Gasteiger partial charge in [0.05, 0.1) is 16.8 Å². The van der Waals surface area contributed by atoms with Crippen LogP contribution in [-0.2, 0) is 0 Å². The zero-order valence-electron chi connectivity index (χ0n) is 10.5. The Labute approximate surface area is 123 Å². The number of hydrazone groups is 1. The van der Waals surface area contributed by atoms with E-state index in [1.165, 1.54) is 18.3 Å². The SMILES string of the molecule is CC(=O)c1sc(N/N=C\c2ccccc2Br)nc1C. The average Bonchev–Trinajstić information content (AvgIpc) is 2.73. The molecule has 0 atom stereocenters. The molecule has 2 rings (SSSR count). The van der Waals surface area contributed by atoms with Crippen LogP contribution in [0.4, 0.5) is 5.13 Å². The lowest BCUT2D eigenvalue weighted by atomic mass is 10.2. The number of nitrogens with one attached hydrogen (secondary N) is 1. The summed E-state index contributed by atoms with van der Waals surface area (Å²) >= 11 is 4.75. The fraction of sp³-hybridized carbons (Fsp3) is 0.154. The number of thiazole rings is 1. The van der Waals surface area contributed by atoms with Crippen LogP contribution in [-0.4, -0.2) is 17.0 Å². The number of Topliss-reactive ketones (excluding diaryl/α,β-unsaturated/α-hetero) is 1. The number of aryl methyl sites for hydroxylation is 1. The third-order valence-electron chi connectivity index (χ3n) is 2.39. The molecule has 1 N–H and O–H groups in total. The number of aromatic nitrogens is 1. The zero-order valence-corrected chi connectivity index (χ0v) is 12.9. The van der Waals surface area contributed by atoms with Crippen molar-refractivity contribution in [1.29, 1.82) is 0 Å². The maximum Gasteiger partial charge on any atom is 0.204 e. The maximum absolute atomic E-state index is 11.3. The molecule has 0 saturated heterocycles. The second kappa shape index (κ2) is 6.08. The molecule has 0 saturated carbocycles. The number of carbonyl (C=O) groups excluding carboxylic acids is 1. The summed E-state index contributed by atoms with van der Waals surface area (Å²) in [6, 6.07) is 7.78. The molecule has 19 heavy (non-hydrogen) atoms. The van der Waals surface area contributed by atoms with Crippen molar-refractivity contribution in [2.45, 2.75) is 13.8 Å². The second-order valence-corrected chi connectivity index (χ2v) is 5.73. The molecule has 6 heteroatoms. The summed E-state index contributed by atoms with van der Waals surface area (Å²) in [7, 11) is 0. The van der Waals surface area contributed by atoms with Gasteiger partial charge in [0, 0.05) is 17.0 Å². The third-order valence-corrected chi connectivity index (χ3v) is 4.27. The van der Waals surface area contributed by atoms with Gasteiger partial charge in [-0.1, -0.05) is 45.5 Å². The van der Waals surface area contributed by atoms with Gasteiger partial charge < -0.3 is 0 Å². The molecule has 0 aliphatic heterocycles. The molecule has 1 aromatic heterocycles. The Morgan fingerprint density at radius 1 is 1.47 bits per heavy atom. The van der Waals surface area contributed by atoms with Gasteiger partial charge in [-0.25, -0.2) is 4.98 Å². The van der Waals surface area contributed by atoms with E-state index in [9.17, 15) is 4.79 Å². The number of nitrogens with zero attached hydrogens (tertiary/aromatic N) is 2. The summed E-state index contributed by atoms with van der Waals surface area (Å²) in [4.78, 5) is 16.2. The molecule has 98 valence electrons. The molecule has 0 amide bonds. The Morgan fingerprint density at radius 3 is 2.84 bits per heavy atom. The van der Waals surface area contributed by atoms with E-state index in [0.29, 0.717) is 10.0 Å². The van der Waals surface area contributed by atoms with Crippen molar-refractivity contribution in [2.75, 3.05) is 5.43 Å². The van der Waals surface area contributed by atoms with Crippen molar-refractivity contribution >= 4 is 44.4 Å². The predicted molar refractivity (Wildman–Crippen MR) is 82.2 cm³/mol. The van der Waals surface area contributed by atoms with Gasteiger partial charge in [0.1, 0.15) is 0 Å². The molecule has 0 aliphatic carbocycles. The van der Waals surface area contributed by atoms with Crippen LogP contribution in [0.15, 0.2) is 33.8 Å². The topological polar surface area (TPSA) is 54.4 Å². The van der Waals surface area contributed by atoms with Crippen LogP contribution in [0, 0.1) is 6.92 Å². The molecular formula is C13H12BrN3OS. The molecule has 0 bridgehead atoms. The molecule has 4 nitrogen and oxygen atoms in total. The van der Waals surface area contributed by atoms with Gasteiger partial charge >= 0.3 is 0 Å². The normalized spacial score (nSPS) is 10.9. The number of anilines is 1. The monoisotopic (exact) mass is 337 g/mol. The average molecular weight is 338 g/mol. The first-order chi connectivity index (χ1) is 9.08. The fourth-order valence-electron chi connectivity index (χ4n) is 1.51. The highest BCUT2D eigenvalue weighted by Gasteiger charge is 2.10. The lowest BCUT2D eigenvalue weighted by Gasteiger charge is -1.96. The number of ketones is 1. The Morgan fingerprint density at radius 2 is 2.21 bits per heavy atom. The lowest BCUT2D eigenvalue weighted by Crippen LogP contribution is -1.90. The molecule has 1 aromatic carbocycles. The van der Waals surface area contributed by atoms with Crippen molar-refractivity contribution in [3.63, 3.8) is 0 Å². The van der Waals surface area contributed by atoms with Gasteiger partial charge in [-0.2, -0.15) is 5.10 Å². The first kappa shape index (κ1) is 13.9. The van der Waals surface area contributed by atoms with E-state index in [1.807, 2.05) is 31.2 Å². The minimum atomic E-state index is 0.0258.